The van der Waals surface area contributed by atoms with Crippen LogP contribution in [0, 0.1) is 22.7 Å². The van der Waals surface area contributed by atoms with Gasteiger partial charge in [0.05, 0.1) is 23.3 Å². The molecular weight excluding hydrogens is 544 g/mol. The number of nitrogens with zero attached hydrogens (tertiary/aromatic N) is 2. The van der Waals surface area contributed by atoms with Gasteiger partial charge >= 0.3 is 0 Å². The van der Waals surface area contributed by atoms with Crippen LogP contribution in [-0.4, -0.2) is 0 Å². The minimum atomic E-state index is -0.365. The summed E-state index contributed by atoms with van der Waals surface area (Å²) in [6.07, 6.45) is 0.758. The van der Waals surface area contributed by atoms with E-state index in [-0.39, 0.29) is 27.1 Å². The van der Waals surface area contributed by atoms with E-state index in [1.54, 1.807) is 0 Å². The average molecular weight is 595 g/mol. The Kier molecular flexibility index (Phi) is 8.99. The fourth-order valence-electron chi connectivity index (χ4n) is 6.94. The predicted octanol–water partition coefficient (Wildman–Crippen LogP) is 10.8. The highest BCUT2D eigenvalue weighted by atomic mass is 14.6. The van der Waals surface area contributed by atoms with Crippen LogP contribution in [0.3, 0.4) is 0 Å². The van der Waals surface area contributed by atoms with Gasteiger partial charge in [0.2, 0.25) is 0 Å². The predicted molar refractivity (Wildman–Crippen MR) is 189 cm³/mol. The molecule has 45 heavy (non-hydrogen) atoms. The molecule has 4 rings (SSSR count). The van der Waals surface area contributed by atoms with E-state index in [2.05, 4.69) is 155 Å². The van der Waals surface area contributed by atoms with Crippen LogP contribution in [-0.2, 0) is 33.5 Å². The van der Waals surface area contributed by atoms with E-state index >= 15 is 0 Å². The molecule has 1 unspecified atom stereocenters. The summed E-state index contributed by atoms with van der Waals surface area (Å²) in [7, 11) is 0. The Morgan fingerprint density at radius 1 is 0.444 bits per heavy atom. The molecule has 232 valence electrons. The van der Waals surface area contributed by atoms with Crippen molar-refractivity contribution >= 4 is 0 Å². The number of hydrogen-bond acceptors (Lipinski definition) is 2. The third kappa shape index (κ3) is 6.49. The summed E-state index contributed by atoms with van der Waals surface area (Å²) in [4.78, 5) is 0. The van der Waals surface area contributed by atoms with Crippen molar-refractivity contribution in [2.75, 3.05) is 0 Å². The highest BCUT2D eigenvalue weighted by Crippen LogP contribution is 2.55. The second-order valence-electron chi connectivity index (χ2n) is 16.0. The Bertz CT molecular complexity index is 1740. The Hall–Kier alpha value is -4.14. The number of nitriles is 2. The lowest BCUT2D eigenvalue weighted by molar-refractivity contribution is 0.162. The molecule has 1 atom stereocenters. The van der Waals surface area contributed by atoms with Crippen LogP contribution in [0.25, 0.3) is 0 Å². The van der Waals surface area contributed by atoms with E-state index in [9.17, 15) is 10.5 Å². The van der Waals surface area contributed by atoms with Gasteiger partial charge in [-0.25, -0.2) is 0 Å². The van der Waals surface area contributed by atoms with Crippen LogP contribution >= 0.6 is 0 Å². The zero-order valence-corrected chi connectivity index (χ0v) is 29.3. The maximum Gasteiger partial charge on any atom is 0.0991 e. The second-order valence-corrected chi connectivity index (χ2v) is 16.0. The molecule has 0 heterocycles. The van der Waals surface area contributed by atoms with Gasteiger partial charge in [0.15, 0.2) is 0 Å². The summed E-state index contributed by atoms with van der Waals surface area (Å²) in [5.41, 5.74) is 9.11. The van der Waals surface area contributed by atoms with Gasteiger partial charge in [-0.2, -0.15) is 10.5 Å². The van der Waals surface area contributed by atoms with Gasteiger partial charge in [0.25, 0.3) is 0 Å². The highest BCUT2D eigenvalue weighted by Gasteiger charge is 2.54. The molecule has 4 aromatic carbocycles. The van der Waals surface area contributed by atoms with Crippen molar-refractivity contribution < 1.29 is 0 Å². The van der Waals surface area contributed by atoms with E-state index in [0.29, 0.717) is 11.1 Å². The van der Waals surface area contributed by atoms with Crippen molar-refractivity contribution in [1.29, 1.82) is 10.5 Å². The van der Waals surface area contributed by atoms with Gasteiger partial charge in [-0.15, -0.1) is 0 Å². The average Bonchev–Trinajstić information content (AvgIpc) is 2.99. The SMILES string of the molecule is CC(C)(C)c1ccc(C(C)(C)C(C)(c2ccc(C#N)cc2)C(C)(C)c2cccc(Cc3cc(C#N)cc(C(C)(C)C)c3)c2)cc1. The first-order valence-electron chi connectivity index (χ1n) is 16.1. The molecule has 4 aromatic rings. The molecule has 0 radical (unpaired) electrons. The van der Waals surface area contributed by atoms with Crippen LogP contribution in [0.1, 0.15) is 126 Å². The summed E-state index contributed by atoms with van der Waals surface area (Å²) in [5.74, 6) is 0. The van der Waals surface area contributed by atoms with E-state index in [0.717, 1.165) is 12.0 Å². The van der Waals surface area contributed by atoms with Gasteiger partial charge in [-0.05, 0) is 91.3 Å². The molecule has 0 N–H and O–H groups in total. The van der Waals surface area contributed by atoms with Crippen LogP contribution < -0.4 is 0 Å². The Balaban J connectivity index is 1.85. The lowest BCUT2D eigenvalue weighted by atomic mass is 9.47. The molecule has 2 heteroatoms. The minimum Gasteiger partial charge on any atom is -0.192 e. The van der Waals surface area contributed by atoms with Gasteiger partial charge in [0.1, 0.15) is 0 Å². The summed E-state index contributed by atoms with van der Waals surface area (Å²) in [6.45, 7) is 25.2. The van der Waals surface area contributed by atoms with Crippen LogP contribution in [0.15, 0.2) is 91.0 Å². The Morgan fingerprint density at radius 2 is 0.933 bits per heavy atom. The number of rotatable bonds is 7. The molecule has 0 bridgehead atoms. The fourth-order valence-corrected chi connectivity index (χ4v) is 6.94. The first-order valence-corrected chi connectivity index (χ1v) is 16.1. The highest BCUT2D eigenvalue weighted by molar-refractivity contribution is 5.49. The maximum atomic E-state index is 9.76. The largest absolute Gasteiger partial charge is 0.192 e. The van der Waals surface area contributed by atoms with Crippen LogP contribution in [0.5, 0.6) is 0 Å². The lowest BCUT2D eigenvalue weighted by Crippen LogP contribution is -2.55. The zero-order valence-electron chi connectivity index (χ0n) is 29.3. The molecule has 0 saturated heterocycles. The topological polar surface area (TPSA) is 47.6 Å². The molecule has 0 amide bonds. The van der Waals surface area contributed by atoms with E-state index in [1.807, 2.05) is 24.3 Å². The van der Waals surface area contributed by atoms with Crippen LogP contribution in [0.2, 0.25) is 0 Å². The third-order valence-electron chi connectivity index (χ3n) is 10.6. The molecular formula is C43H50N2. The summed E-state index contributed by atoms with van der Waals surface area (Å²) >= 11 is 0. The normalized spacial score (nSPS) is 13.9. The molecule has 0 saturated carbocycles. The first kappa shape index (κ1) is 33.7. The minimum absolute atomic E-state index is 0.0367. The second kappa shape index (κ2) is 12.0. The molecule has 0 aliphatic rings. The van der Waals surface area contributed by atoms with E-state index < -0.39 is 0 Å². The smallest absolute Gasteiger partial charge is 0.0991 e. The fraction of sp³-hybridized carbons (Fsp3) is 0.395. The molecule has 0 aliphatic heterocycles. The first-order chi connectivity index (χ1) is 20.8. The lowest BCUT2D eigenvalue weighted by Gasteiger charge is -2.55. The molecule has 0 aromatic heterocycles. The maximum absolute atomic E-state index is 9.76. The Labute approximate surface area is 272 Å². The molecule has 0 aliphatic carbocycles. The van der Waals surface area contributed by atoms with Crippen molar-refractivity contribution in [1.82, 2.24) is 0 Å². The van der Waals surface area contributed by atoms with E-state index in [4.69, 9.17) is 0 Å². The van der Waals surface area contributed by atoms with Crippen LogP contribution in [0.4, 0.5) is 0 Å². The molecule has 0 spiro atoms. The summed E-state index contributed by atoms with van der Waals surface area (Å²) in [5, 5.41) is 19.3. The number of benzene rings is 4. The van der Waals surface area contributed by atoms with Crippen molar-refractivity contribution in [2.24, 2.45) is 0 Å². The van der Waals surface area contributed by atoms with Crippen molar-refractivity contribution in [3.8, 4) is 12.1 Å². The van der Waals surface area contributed by atoms with Crippen molar-refractivity contribution in [2.45, 2.75) is 110 Å². The summed E-state index contributed by atoms with van der Waals surface area (Å²) in [6, 6.07) is 37.3. The molecule has 0 fully saturated rings. The Morgan fingerprint density at radius 3 is 1.47 bits per heavy atom. The monoisotopic (exact) mass is 594 g/mol. The van der Waals surface area contributed by atoms with Gasteiger partial charge < -0.3 is 0 Å². The third-order valence-corrected chi connectivity index (χ3v) is 10.6. The quantitative estimate of drug-likeness (QED) is 0.214. The van der Waals surface area contributed by atoms with E-state index in [1.165, 1.54) is 33.4 Å². The van der Waals surface area contributed by atoms with Crippen molar-refractivity contribution in [3.05, 3.63) is 141 Å². The van der Waals surface area contributed by atoms with Gasteiger partial charge in [0, 0.05) is 5.41 Å². The molecule has 2 nitrogen and oxygen atoms in total. The summed E-state index contributed by atoms with van der Waals surface area (Å²) < 4.78 is 0. The standard InChI is InChI=1S/C43H50N2/c1-39(2,3)34-19-21-35(22-20-34)41(7,8)43(11,36-17-15-30(28-44)16-18-36)42(9,10)37-14-12-13-31(25-37)23-32-24-33(29-45)27-38(26-32)40(4,5)6/h12-22,24-27H,23H2,1-11H3. The zero-order chi connectivity index (χ0) is 33.4. The van der Waals surface area contributed by atoms with Gasteiger partial charge in [-0.3, -0.25) is 0 Å². The van der Waals surface area contributed by atoms with Crippen molar-refractivity contribution in [3.63, 3.8) is 0 Å². The van der Waals surface area contributed by atoms with Gasteiger partial charge in [-0.1, -0.05) is 143 Å². The number of hydrogen-bond donors (Lipinski definition) is 0.